The van der Waals surface area contributed by atoms with E-state index in [4.69, 9.17) is 5.73 Å². The van der Waals surface area contributed by atoms with Crippen LogP contribution in [0.5, 0.6) is 0 Å². The minimum Gasteiger partial charge on any atom is -0.354 e. The lowest BCUT2D eigenvalue weighted by atomic mass is 10.2. The van der Waals surface area contributed by atoms with Crippen LogP contribution in [-0.4, -0.2) is 42.7 Å². The van der Waals surface area contributed by atoms with Crippen molar-refractivity contribution in [2.45, 2.75) is 6.18 Å². The van der Waals surface area contributed by atoms with Gasteiger partial charge in [0, 0.05) is 39.0 Å². The zero-order valence-electron chi connectivity index (χ0n) is 9.82. The van der Waals surface area contributed by atoms with Gasteiger partial charge in [0.1, 0.15) is 5.82 Å². The molecule has 0 amide bonds. The van der Waals surface area contributed by atoms with E-state index in [2.05, 4.69) is 9.88 Å². The number of alkyl halides is 3. The molecule has 1 aliphatic heterocycles. The maximum absolute atomic E-state index is 12.4. The number of pyridine rings is 1. The summed E-state index contributed by atoms with van der Waals surface area (Å²) < 4.78 is 37.2. The van der Waals surface area contributed by atoms with E-state index in [1.165, 1.54) is 6.07 Å². The Morgan fingerprint density at radius 2 is 1.83 bits per heavy atom. The highest BCUT2D eigenvalue weighted by Crippen LogP contribution is 2.29. The van der Waals surface area contributed by atoms with E-state index < -0.39 is 11.7 Å². The molecule has 7 heteroatoms. The molecular weight excluding hydrogens is 245 g/mol. The number of nitrogens with zero attached hydrogens (tertiary/aromatic N) is 3. The van der Waals surface area contributed by atoms with Crippen LogP contribution in [0.1, 0.15) is 5.56 Å². The summed E-state index contributed by atoms with van der Waals surface area (Å²) in [5, 5.41) is 0. The van der Waals surface area contributed by atoms with Crippen molar-refractivity contribution in [3.8, 4) is 0 Å². The van der Waals surface area contributed by atoms with E-state index >= 15 is 0 Å². The summed E-state index contributed by atoms with van der Waals surface area (Å²) in [4.78, 5) is 7.92. The van der Waals surface area contributed by atoms with E-state index in [1.54, 1.807) is 0 Å². The second-order valence-electron chi connectivity index (χ2n) is 4.19. The fourth-order valence-corrected chi connectivity index (χ4v) is 1.90. The number of nitrogens with two attached hydrogens (primary N) is 1. The highest BCUT2D eigenvalue weighted by Gasteiger charge is 2.31. The molecule has 0 bridgehead atoms. The van der Waals surface area contributed by atoms with Crippen LogP contribution in [-0.2, 0) is 6.18 Å². The molecule has 1 aliphatic rings. The second-order valence-corrected chi connectivity index (χ2v) is 4.19. The normalized spacial score (nSPS) is 18.1. The van der Waals surface area contributed by atoms with Gasteiger partial charge in [-0.15, -0.1) is 0 Å². The van der Waals surface area contributed by atoms with Crippen LogP contribution >= 0.6 is 0 Å². The van der Waals surface area contributed by atoms with E-state index in [0.29, 0.717) is 12.5 Å². The molecule has 0 atom stereocenters. The number of piperazine rings is 1. The van der Waals surface area contributed by atoms with Crippen LogP contribution in [0.3, 0.4) is 0 Å². The fourth-order valence-electron chi connectivity index (χ4n) is 1.90. The predicted octanol–water partition coefficient (Wildman–Crippen LogP) is 1.14. The van der Waals surface area contributed by atoms with Gasteiger partial charge in [-0.2, -0.15) is 13.2 Å². The molecule has 0 saturated carbocycles. The standard InChI is InChI=1S/C11H15F3N4/c12-11(13,14)9-1-2-10(16-7-9)18-5-3-17(8-15)4-6-18/h1-2,7H,3-6,8,15H2. The first kappa shape index (κ1) is 13.1. The Morgan fingerprint density at radius 1 is 1.17 bits per heavy atom. The van der Waals surface area contributed by atoms with Gasteiger partial charge in [0.2, 0.25) is 0 Å². The van der Waals surface area contributed by atoms with Gasteiger partial charge in [-0.05, 0) is 12.1 Å². The Bertz CT molecular complexity index is 382. The second kappa shape index (κ2) is 5.11. The first-order valence-corrected chi connectivity index (χ1v) is 5.71. The van der Waals surface area contributed by atoms with Crippen molar-refractivity contribution < 1.29 is 13.2 Å². The molecule has 0 spiro atoms. The Hall–Kier alpha value is -1.34. The predicted molar refractivity (Wildman–Crippen MR) is 62.1 cm³/mol. The number of rotatable bonds is 2. The molecule has 2 heterocycles. The number of halogens is 3. The van der Waals surface area contributed by atoms with E-state index in [9.17, 15) is 13.2 Å². The highest BCUT2D eigenvalue weighted by molar-refractivity contribution is 5.40. The van der Waals surface area contributed by atoms with Crippen molar-refractivity contribution in [2.24, 2.45) is 5.73 Å². The lowest BCUT2D eigenvalue weighted by Gasteiger charge is -2.34. The topological polar surface area (TPSA) is 45.4 Å². The lowest BCUT2D eigenvalue weighted by Crippen LogP contribution is -2.48. The number of aromatic nitrogens is 1. The minimum atomic E-state index is -4.33. The molecule has 100 valence electrons. The first-order valence-electron chi connectivity index (χ1n) is 5.71. The van der Waals surface area contributed by atoms with Crippen LogP contribution in [0, 0.1) is 0 Å². The van der Waals surface area contributed by atoms with E-state index in [0.717, 1.165) is 38.4 Å². The maximum atomic E-state index is 12.4. The van der Waals surface area contributed by atoms with Gasteiger partial charge >= 0.3 is 6.18 Å². The number of hydrogen-bond donors (Lipinski definition) is 1. The monoisotopic (exact) mass is 260 g/mol. The third-order valence-corrected chi connectivity index (χ3v) is 3.03. The Morgan fingerprint density at radius 3 is 2.28 bits per heavy atom. The Balaban J connectivity index is 2.02. The van der Waals surface area contributed by atoms with Crippen molar-refractivity contribution in [3.63, 3.8) is 0 Å². The molecule has 0 aliphatic carbocycles. The van der Waals surface area contributed by atoms with Crippen molar-refractivity contribution >= 4 is 5.82 Å². The lowest BCUT2D eigenvalue weighted by molar-refractivity contribution is -0.137. The van der Waals surface area contributed by atoms with Gasteiger partial charge in [-0.3, -0.25) is 4.90 Å². The van der Waals surface area contributed by atoms with Crippen molar-refractivity contribution in [3.05, 3.63) is 23.9 Å². The number of hydrogen-bond acceptors (Lipinski definition) is 4. The molecule has 18 heavy (non-hydrogen) atoms. The molecule has 0 unspecified atom stereocenters. The summed E-state index contributed by atoms with van der Waals surface area (Å²) in [6, 6.07) is 2.48. The summed E-state index contributed by atoms with van der Waals surface area (Å²) in [6.07, 6.45) is -3.45. The average Bonchev–Trinajstić information content (AvgIpc) is 2.38. The van der Waals surface area contributed by atoms with Crippen molar-refractivity contribution in [1.29, 1.82) is 0 Å². The van der Waals surface area contributed by atoms with E-state index in [1.807, 2.05) is 4.90 Å². The smallest absolute Gasteiger partial charge is 0.354 e. The SMILES string of the molecule is NCN1CCN(c2ccc(C(F)(F)F)cn2)CC1. The van der Waals surface area contributed by atoms with Gasteiger partial charge in [0.05, 0.1) is 5.56 Å². The number of anilines is 1. The quantitative estimate of drug-likeness (QED) is 0.866. The Kier molecular flexibility index (Phi) is 3.72. The first-order chi connectivity index (χ1) is 8.50. The van der Waals surface area contributed by atoms with Gasteiger partial charge in [-0.1, -0.05) is 0 Å². The molecule has 4 nitrogen and oxygen atoms in total. The molecule has 2 rings (SSSR count). The van der Waals surface area contributed by atoms with Gasteiger partial charge in [-0.25, -0.2) is 4.98 Å². The van der Waals surface area contributed by atoms with Gasteiger partial charge in [0.25, 0.3) is 0 Å². The van der Waals surface area contributed by atoms with Crippen molar-refractivity contribution in [2.75, 3.05) is 37.7 Å². The third kappa shape index (κ3) is 2.91. The van der Waals surface area contributed by atoms with Gasteiger partial charge in [0.15, 0.2) is 0 Å². The fraction of sp³-hybridized carbons (Fsp3) is 0.545. The van der Waals surface area contributed by atoms with Gasteiger partial charge < -0.3 is 10.6 Å². The molecule has 1 fully saturated rings. The highest BCUT2D eigenvalue weighted by atomic mass is 19.4. The molecule has 2 N–H and O–H groups in total. The van der Waals surface area contributed by atoms with E-state index in [-0.39, 0.29) is 0 Å². The van der Waals surface area contributed by atoms with Crippen LogP contribution in [0.4, 0.5) is 19.0 Å². The summed E-state index contributed by atoms with van der Waals surface area (Å²) >= 11 is 0. The zero-order valence-corrected chi connectivity index (χ0v) is 9.82. The Labute approximate surface area is 103 Å². The molecule has 1 aromatic rings. The summed E-state index contributed by atoms with van der Waals surface area (Å²) in [5.41, 5.74) is 4.81. The summed E-state index contributed by atoms with van der Waals surface area (Å²) in [6.45, 7) is 3.58. The van der Waals surface area contributed by atoms with Crippen LogP contribution in [0.25, 0.3) is 0 Å². The molecule has 1 aromatic heterocycles. The largest absolute Gasteiger partial charge is 0.417 e. The molecule has 0 radical (unpaired) electrons. The van der Waals surface area contributed by atoms with Crippen LogP contribution in [0.15, 0.2) is 18.3 Å². The summed E-state index contributed by atoms with van der Waals surface area (Å²) in [7, 11) is 0. The minimum absolute atomic E-state index is 0.508. The van der Waals surface area contributed by atoms with Crippen LogP contribution < -0.4 is 10.6 Å². The third-order valence-electron chi connectivity index (χ3n) is 3.03. The maximum Gasteiger partial charge on any atom is 0.417 e. The summed E-state index contributed by atoms with van der Waals surface area (Å²) in [5.74, 6) is 0.583. The van der Waals surface area contributed by atoms with Crippen LogP contribution in [0.2, 0.25) is 0 Å². The molecule has 0 aromatic carbocycles. The van der Waals surface area contributed by atoms with Crippen molar-refractivity contribution in [1.82, 2.24) is 9.88 Å². The molecular formula is C11H15F3N4. The average molecular weight is 260 g/mol. The molecule has 1 saturated heterocycles. The zero-order chi connectivity index (χ0) is 13.2.